The summed E-state index contributed by atoms with van der Waals surface area (Å²) < 4.78 is 5.14. The van der Waals surface area contributed by atoms with Crippen molar-refractivity contribution in [2.24, 2.45) is 5.92 Å². The van der Waals surface area contributed by atoms with Crippen LogP contribution in [0.3, 0.4) is 0 Å². The predicted octanol–water partition coefficient (Wildman–Crippen LogP) is 2.96. The molecule has 2 aromatic rings. The van der Waals surface area contributed by atoms with Gasteiger partial charge in [0, 0.05) is 30.2 Å². The van der Waals surface area contributed by atoms with Gasteiger partial charge < -0.3 is 15.0 Å². The fourth-order valence-electron chi connectivity index (χ4n) is 3.14. The van der Waals surface area contributed by atoms with Gasteiger partial charge in [-0.15, -0.1) is 0 Å². The summed E-state index contributed by atoms with van der Waals surface area (Å²) in [4.78, 5) is 23.8. The zero-order valence-electron chi connectivity index (χ0n) is 15.0. The molecule has 1 atom stereocenters. The number of carbonyl (C=O) groups is 1. The van der Waals surface area contributed by atoms with E-state index in [0.29, 0.717) is 6.54 Å². The van der Waals surface area contributed by atoms with Crippen molar-refractivity contribution in [3.8, 4) is 5.75 Å². The first kappa shape index (κ1) is 17.2. The Kier molecular flexibility index (Phi) is 5.16. The van der Waals surface area contributed by atoms with E-state index in [-0.39, 0.29) is 11.8 Å². The second-order valence-corrected chi connectivity index (χ2v) is 6.45. The number of nitrogens with zero attached hydrogens (tertiary/aromatic N) is 3. The van der Waals surface area contributed by atoms with Gasteiger partial charge in [-0.2, -0.15) is 0 Å². The summed E-state index contributed by atoms with van der Waals surface area (Å²) in [5.41, 5.74) is 2.69. The number of aromatic nitrogens is 2. The number of hydrogen-bond acceptors (Lipinski definition) is 5. The minimum atomic E-state index is -0.0692. The average Bonchev–Trinajstić information content (AvgIpc) is 2.61. The maximum absolute atomic E-state index is 12.6. The molecular weight excluding hydrogens is 316 g/mol. The molecule has 132 valence electrons. The van der Waals surface area contributed by atoms with Crippen LogP contribution in [0.2, 0.25) is 0 Å². The maximum Gasteiger partial charge on any atom is 0.229 e. The lowest BCUT2D eigenvalue weighted by Crippen LogP contribution is -2.41. The van der Waals surface area contributed by atoms with Gasteiger partial charge in [0.2, 0.25) is 11.9 Å². The first-order chi connectivity index (χ1) is 12.0. The summed E-state index contributed by atoms with van der Waals surface area (Å²) >= 11 is 0. The molecule has 1 saturated heterocycles. The van der Waals surface area contributed by atoms with Crippen molar-refractivity contribution in [1.29, 1.82) is 0 Å². The van der Waals surface area contributed by atoms with Crippen molar-refractivity contribution in [3.05, 3.63) is 41.7 Å². The monoisotopic (exact) mass is 340 g/mol. The molecule has 1 aliphatic heterocycles. The molecule has 3 rings (SSSR count). The highest BCUT2D eigenvalue weighted by Gasteiger charge is 2.27. The lowest BCUT2D eigenvalue weighted by Gasteiger charge is -2.32. The van der Waals surface area contributed by atoms with Gasteiger partial charge in [-0.1, -0.05) is 0 Å². The number of ether oxygens (including phenoxy) is 1. The van der Waals surface area contributed by atoms with Gasteiger partial charge in [0.15, 0.2) is 0 Å². The highest BCUT2D eigenvalue weighted by molar-refractivity contribution is 5.93. The fourth-order valence-corrected chi connectivity index (χ4v) is 3.14. The van der Waals surface area contributed by atoms with Crippen molar-refractivity contribution in [1.82, 2.24) is 9.97 Å². The second-order valence-electron chi connectivity index (χ2n) is 6.45. The molecule has 0 aliphatic carbocycles. The van der Waals surface area contributed by atoms with E-state index in [1.807, 2.05) is 44.2 Å². The third kappa shape index (κ3) is 4.26. The predicted molar refractivity (Wildman–Crippen MR) is 98.1 cm³/mol. The van der Waals surface area contributed by atoms with Crippen molar-refractivity contribution in [3.63, 3.8) is 0 Å². The lowest BCUT2D eigenvalue weighted by atomic mass is 9.97. The van der Waals surface area contributed by atoms with Crippen LogP contribution in [0.5, 0.6) is 5.75 Å². The minimum absolute atomic E-state index is 0.0410. The van der Waals surface area contributed by atoms with Crippen LogP contribution in [0.1, 0.15) is 24.2 Å². The molecule has 2 heterocycles. The van der Waals surface area contributed by atoms with E-state index < -0.39 is 0 Å². The van der Waals surface area contributed by atoms with Gasteiger partial charge in [-0.25, -0.2) is 9.97 Å². The van der Waals surface area contributed by atoms with Gasteiger partial charge in [0.1, 0.15) is 5.75 Å². The van der Waals surface area contributed by atoms with E-state index in [2.05, 4.69) is 20.2 Å². The zero-order valence-corrected chi connectivity index (χ0v) is 15.0. The molecule has 1 amide bonds. The molecular formula is C19H24N4O2. The van der Waals surface area contributed by atoms with Crippen molar-refractivity contribution < 1.29 is 9.53 Å². The first-order valence-electron chi connectivity index (χ1n) is 8.57. The van der Waals surface area contributed by atoms with E-state index in [1.54, 1.807) is 7.11 Å². The molecule has 6 heteroatoms. The minimum Gasteiger partial charge on any atom is -0.497 e. The zero-order chi connectivity index (χ0) is 17.8. The summed E-state index contributed by atoms with van der Waals surface area (Å²) in [7, 11) is 1.62. The van der Waals surface area contributed by atoms with Crippen LogP contribution in [0, 0.1) is 19.8 Å². The number of hydrogen-bond donors (Lipinski definition) is 1. The first-order valence-corrected chi connectivity index (χ1v) is 8.57. The van der Waals surface area contributed by atoms with E-state index in [0.717, 1.165) is 48.2 Å². The second kappa shape index (κ2) is 7.51. The van der Waals surface area contributed by atoms with Gasteiger partial charge in [-0.05, 0) is 57.0 Å². The van der Waals surface area contributed by atoms with Crippen LogP contribution < -0.4 is 15.0 Å². The summed E-state index contributed by atoms with van der Waals surface area (Å²) in [5, 5.41) is 3.00. The Balaban J connectivity index is 1.66. The molecule has 0 radical (unpaired) electrons. The number of piperidine rings is 1. The smallest absolute Gasteiger partial charge is 0.229 e. The topological polar surface area (TPSA) is 67.3 Å². The van der Waals surface area contributed by atoms with E-state index >= 15 is 0 Å². The molecule has 25 heavy (non-hydrogen) atoms. The number of methoxy groups -OCH3 is 1. The maximum atomic E-state index is 12.6. The highest BCUT2D eigenvalue weighted by Crippen LogP contribution is 2.23. The van der Waals surface area contributed by atoms with Crippen molar-refractivity contribution >= 4 is 17.5 Å². The molecule has 0 unspecified atom stereocenters. The van der Waals surface area contributed by atoms with Gasteiger partial charge in [-0.3, -0.25) is 4.79 Å². The molecule has 1 aromatic heterocycles. The van der Waals surface area contributed by atoms with Crippen LogP contribution in [0.4, 0.5) is 11.6 Å². The fraction of sp³-hybridized carbons (Fsp3) is 0.421. The third-order valence-corrected chi connectivity index (χ3v) is 4.40. The molecule has 0 spiro atoms. The Hall–Kier alpha value is -2.63. The molecule has 1 aromatic carbocycles. The highest BCUT2D eigenvalue weighted by atomic mass is 16.5. The van der Waals surface area contributed by atoms with Crippen molar-refractivity contribution in [2.75, 3.05) is 30.4 Å². The third-order valence-electron chi connectivity index (χ3n) is 4.40. The summed E-state index contributed by atoms with van der Waals surface area (Å²) in [6.07, 6.45) is 1.83. The summed E-state index contributed by atoms with van der Waals surface area (Å²) in [6, 6.07) is 9.34. The van der Waals surface area contributed by atoms with E-state index in [1.165, 1.54) is 0 Å². The molecule has 0 saturated carbocycles. The normalized spacial score (nSPS) is 17.2. The van der Waals surface area contributed by atoms with Gasteiger partial charge in [0.05, 0.1) is 13.0 Å². The largest absolute Gasteiger partial charge is 0.497 e. The molecule has 6 nitrogen and oxygen atoms in total. The van der Waals surface area contributed by atoms with Crippen LogP contribution in [-0.4, -0.2) is 36.1 Å². The summed E-state index contributed by atoms with van der Waals surface area (Å²) in [6.45, 7) is 5.46. The van der Waals surface area contributed by atoms with Gasteiger partial charge in [0.25, 0.3) is 0 Å². The Labute approximate surface area is 148 Å². The van der Waals surface area contributed by atoms with Crippen LogP contribution in [0.25, 0.3) is 0 Å². The molecule has 1 fully saturated rings. The molecule has 0 bridgehead atoms. The summed E-state index contributed by atoms with van der Waals surface area (Å²) in [5.74, 6) is 1.47. The van der Waals surface area contributed by atoms with Gasteiger partial charge >= 0.3 is 0 Å². The standard InChI is InChI=1S/C19H24N4O2/c1-13-11-14(2)21-19(20-13)23-10-4-5-15(12-23)18(24)22-16-6-8-17(25-3)9-7-16/h6-9,11,15H,4-5,10,12H2,1-3H3,(H,22,24)/t15-/m1/s1. The van der Waals surface area contributed by atoms with E-state index in [9.17, 15) is 4.79 Å². The Morgan fingerprint density at radius 2 is 1.88 bits per heavy atom. The number of aryl methyl sites for hydroxylation is 2. The number of anilines is 2. The Bertz CT molecular complexity index is 725. The van der Waals surface area contributed by atoms with Crippen LogP contribution in [-0.2, 0) is 4.79 Å². The number of amides is 1. The average molecular weight is 340 g/mol. The van der Waals surface area contributed by atoms with Crippen molar-refractivity contribution in [2.45, 2.75) is 26.7 Å². The molecule has 1 N–H and O–H groups in total. The Morgan fingerprint density at radius 1 is 1.20 bits per heavy atom. The number of benzene rings is 1. The Morgan fingerprint density at radius 3 is 2.52 bits per heavy atom. The number of carbonyl (C=O) groups excluding carboxylic acids is 1. The van der Waals surface area contributed by atoms with E-state index in [4.69, 9.17) is 4.74 Å². The van der Waals surface area contributed by atoms with Crippen LogP contribution >= 0.6 is 0 Å². The van der Waals surface area contributed by atoms with Crippen LogP contribution in [0.15, 0.2) is 30.3 Å². The molecule has 1 aliphatic rings. The number of rotatable bonds is 4. The SMILES string of the molecule is COc1ccc(NC(=O)[C@@H]2CCCN(c3nc(C)cc(C)n3)C2)cc1. The number of nitrogens with one attached hydrogen (secondary N) is 1. The quantitative estimate of drug-likeness (QED) is 0.927. The lowest BCUT2D eigenvalue weighted by molar-refractivity contribution is -0.120.